The molecule has 1 N–H and O–H groups in total. The topological polar surface area (TPSA) is 29.1 Å². The molecule has 0 amide bonds. The van der Waals surface area contributed by atoms with E-state index in [1.54, 1.807) is 0 Å². The van der Waals surface area contributed by atoms with E-state index in [-0.39, 0.29) is 0 Å². The van der Waals surface area contributed by atoms with Crippen molar-refractivity contribution in [3.8, 4) is 0 Å². The van der Waals surface area contributed by atoms with Gasteiger partial charge < -0.3 is 5.32 Å². The number of aldehydes is 1. The zero-order valence-corrected chi connectivity index (χ0v) is 7.62. The van der Waals surface area contributed by atoms with Crippen LogP contribution in [0.5, 0.6) is 0 Å². The van der Waals surface area contributed by atoms with Crippen LogP contribution in [0, 0.1) is 6.92 Å². The Bertz CT molecular complexity index is 253. The van der Waals surface area contributed by atoms with Crippen LogP contribution in [0.25, 0.3) is 0 Å². The first kappa shape index (κ1) is 9.93. The Labute approximate surface area is 79.0 Å². The molecular formula is C11H14NO. The molecule has 0 fully saturated rings. The fourth-order valence-corrected chi connectivity index (χ4v) is 1.07. The van der Waals surface area contributed by atoms with Crippen LogP contribution in [0.4, 0.5) is 0 Å². The Morgan fingerprint density at radius 2 is 2.00 bits per heavy atom. The molecule has 0 saturated heterocycles. The minimum Gasteiger partial charge on any atom is -0.313 e. The first-order chi connectivity index (χ1) is 6.36. The molecule has 2 nitrogen and oxygen atoms in total. The Balaban J connectivity index is 2.44. The zero-order chi connectivity index (χ0) is 9.52. The van der Waals surface area contributed by atoms with E-state index in [0.717, 1.165) is 31.4 Å². The van der Waals surface area contributed by atoms with E-state index >= 15 is 0 Å². The molecule has 0 aliphatic rings. The van der Waals surface area contributed by atoms with Crippen molar-refractivity contribution in [2.45, 2.75) is 13.0 Å². The molecule has 1 aromatic carbocycles. The van der Waals surface area contributed by atoms with Gasteiger partial charge in [0.1, 0.15) is 6.29 Å². The van der Waals surface area contributed by atoms with Crippen molar-refractivity contribution in [3.05, 3.63) is 42.3 Å². The van der Waals surface area contributed by atoms with Gasteiger partial charge in [-0.05, 0) is 18.5 Å². The molecule has 0 atom stereocenters. The second-order valence-electron chi connectivity index (χ2n) is 2.89. The predicted octanol–water partition coefficient (Wildman–Crippen LogP) is 1.81. The van der Waals surface area contributed by atoms with Crippen molar-refractivity contribution in [2.75, 3.05) is 6.54 Å². The van der Waals surface area contributed by atoms with Crippen LogP contribution in [0.2, 0.25) is 0 Å². The summed E-state index contributed by atoms with van der Waals surface area (Å²) in [5, 5.41) is 3.24. The van der Waals surface area contributed by atoms with Gasteiger partial charge in [-0.25, -0.2) is 0 Å². The predicted molar refractivity (Wildman–Crippen MR) is 53.5 cm³/mol. The quantitative estimate of drug-likeness (QED) is 0.547. The van der Waals surface area contributed by atoms with Crippen molar-refractivity contribution >= 4 is 6.29 Å². The molecule has 0 spiro atoms. The number of nitrogens with one attached hydrogen (secondary N) is 1. The van der Waals surface area contributed by atoms with E-state index in [9.17, 15) is 4.79 Å². The number of carbonyl (C=O) groups excluding carboxylic acids is 1. The van der Waals surface area contributed by atoms with Crippen molar-refractivity contribution in [2.24, 2.45) is 0 Å². The molecule has 69 valence electrons. The van der Waals surface area contributed by atoms with E-state index < -0.39 is 0 Å². The maximum absolute atomic E-state index is 10.4. The second-order valence-corrected chi connectivity index (χ2v) is 2.89. The lowest BCUT2D eigenvalue weighted by Gasteiger charge is -2.02. The molecule has 0 saturated carbocycles. The lowest BCUT2D eigenvalue weighted by molar-refractivity contribution is 0.112. The molecule has 0 bridgehead atoms. The summed E-state index contributed by atoms with van der Waals surface area (Å²) in [5.74, 6) is 0. The monoisotopic (exact) mass is 176 g/mol. The van der Waals surface area contributed by atoms with Gasteiger partial charge in [0.2, 0.25) is 0 Å². The van der Waals surface area contributed by atoms with Crippen molar-refractivity contribution < 1.29 is 4.79 Å². The minimum atomic E-state index is 0.723. The number of carbonyl (C=O) groups is 1. The number of benzene rings is 1. The van der Waals surface area contributed by atoms with Crippen LogP contribution in [0.3, 0.4) is 0 Å². The van der Waals surface area contributed by atoms with Crippen LogP contribution < -0.4 is 5.32 Å². The van der Waals surface area contributed by atoms with Gasteiger partial charge in [0.25, 0.3) is 0 Å². The fraction of sp³-hybridized carbons (Fsp3) is 0.273. The van der Waals surface area contributed by atoms with Crippen LogP contribution >= 0.6 is 0 Å². The smallest absolute Gasteiger partial charge is 0.150 e. The summed E-state index contributed by atoms with van der Waals surface area (Å²) in [4.78, 5) is 10.4. The number of rotatable bonds is 5. The maximum atomic E-state index is 10.4. The molecule has 0 unspecified atom stereocenters. The molecule has 2 heteroatoms. The third-order valence-electron chi connectivity index (χ3n) is 1.80. The highest BCUT2D eigenvalue weighted by atomic mass is 16.1. The van der Waals surface area contributed by atoms with Crippen LogP contribution in [0.15, 0.2) is 24.3 Å². The van der Waals surface area contributed by atoms with Gasteiger partial charge in [-0.2, -0.15) is 0 Å². The largest absolute Gasteiger partial charge is 0.313 e. The van der Waals surface area contributed by atoms with E-state index in [1.807, 2.05) is 24.3 Å². The SMILES string of the molecule is [CH2]CCNCc1ccc(C=O)cc1. The van der Waals surface area contributed by atoms with Gasteiger partial charge in [0.15, 0.2) is 0 Å². The van der Waals surface area contributed by atoms with Gasteiger partial charge in [0.05, 0.1) is 0 Å². The van der Waals surface area contributed by atoms with E-state index in [0.29, 0.717) is 0 Å². The second kappa shape index (κ2) is 5.49. The Kier molecular flexibility index (Phi) is 4.19. The normalized spacial score (nSPS) is 9.92. The van der Waals surface area contributed by atoms with Crippen LogP contribution in [-0.2, 0) is 6.54 Å². The highest BCUT2D eigenvalue weighted by Gasteiger charge is 1.92. The van der Waals surface area contributed by atoms with Crippen LogP contribution in [0.1, 0.15) is 22.3 Å². The molecule has 1 radical (unpaired) electrons. The zero-order valence-electron chi connectivity index (χ0n) is 7.62. The summed E-state index contributed by atoms with van der Waals surface area (Å²) in [6.45, 7) is 5.50. The van der Waals surface area contributed by atoms with Gasteiger partial charge >= 0.3 is 0 Å². The Morgan fingerprint density at radius 3 is 2.54 bits per heavy atom. The molecule has 1 rings (SSSR count). The van der Waals surface area contributed by atoms with E-state index in [2.05, 4.69) is 12.2 Å². The molecule has 13 heavy (non-hydrogen) atoms. The standard InChI is InChI=1S/C11H14NO/c1-2-7-12-8-10-3-5-11(9-13)6-4-10/h3-6,9,12H,1-2,7-8H2. The average Bonchev–Trinajstić information content (AvgIpc) is 2.19. The molecule has 0 aliphatic carbocycles. The summed E-state index contributed by atoms with van der Waals surface area (Å²) >= 11 is 0. The third kappa shape index (κ3) is 3.38. The summed E-state index contributed by atoms with van der Waals surface area (Å²) in [5.41, 5.74) is 1.92. The number of hydrogen-bond acceptors (Lipinski definition) is 2. The van der Waals surface area contributed by atoms with Gasteiger partial charge in [0, 0.05) is 12.1 Å². The molecule has 1 aromatic rings. The lowest BCUT2D eigenvalue weighted by Crippen LogP contribution is -2.13. The van der Waals surface area contributed by atoms with E-state index in [1.165, 1.54) is 5.56 Å². The minimum absolute atomic E-state index is 0.723. The molecule has 0 aliphatic heterocycles. The highest BCUT2D eigenvalue weighted by molar-refractivity contribution is 5.74. The highest BCUT2D eigenvalue weighted by Crippen LogP contribution is 2.01. The first-order valence-corrected chi connectivity index (χ1v) is 4.41. The molecular weight excluding hydrogens is 162 g/mol. The summed E-state index contributed by atoms with van der Waals surface area (Å²) in [6, 6.07) is 7.57. The Morgan fingerprint density at radius 1 is 1.31 bits per heavy atom. The third-order valence-corrected chi connectivity index (χ3v) is 1.80. The fourth-order valence-electron chi connectivity index (χ4n) is 1.07. The summed E-state index contributed by atoms with van der Waals surface area (Å²) in [7, 11) is 0. The van der Waals surface area contributed by atoms with Crippen molar-refractivity contribution in [3.63, 3.8) is 0 Å². The van der Waals surface area contributed by atoms with Crippen LogP contribution in [-0.4, -0.2) is 12.8 Å². The maximum Gasteiger partial charge on any atom is 0.150 e. The Hall–Kier alpha value is -1.15. The summed E-state index contributed by atoms with van der Waals surface area (Å²) in [6.07, 6.45) is 1.75. The molecule has 0 heterocycles. The van der Waals surface area contributed by atoms with E-state index in [4.69, 9.17) is 0 Å². The first-order valence-electron chi connectivity index (χ1n) is 4.41. The molecule has 0 aromatic heterocycles. The lowest BCUT2D eigenvalue weighted by atomic mass is 10.1. The number of hydrogen-bond donors (Lipinski definition) is 1. The van der Waals surface area contributed by atoms with Gasteiger partial charge in [-0.1, -0.05) is 31.2 Å². The average molecular weight is 176 g/mol. The van der Waals surface area contributed by atoms with Crippen molar-refractivity contribution in [1.29, 1.82) is 0 Å². The van der Waals surface area contributed by atoms with Crippen molar-refractivity contribution in [1.82, 2.24) is 5.32 Å². The van der Waals surface area contributed by atoms with Gasteiger partial charge in [-0.15, -0.1) is 0 Å². The van der Waals surface area contributed by atoms with Gasteiger partial charge in [-0.3, -0.25) is 4.79 Å². The summed E-state index contributed by atoms with van der Waals surface area (Å²) < 4.78 is 0.